The van der Waals surface area contributed by atoms with Gasteiger partial charge < -0.3 is 11.5 Å². The summed E-state index contributed by atoms with van der Waals surface area (Å²) in [5, 5.41) is 0. The van der Waals surface area contributed by atoms with Gasteiger partial charge in [-0.25, -0.2) is 0 Å². The van der Waals surface area contributed by atoms with Crippen LogP contribution in [0, 0.1) is 5.92 Å². The topological polar surface area (TPSA) is 52.0 Å². The van der Waals surface area contributed by atoms with Gasteiger partial charge in [0.15, 0.2) is 0 Å². The van der Waals surface area contributed by atoms with Crippen LogP contribution in [-0.2, 0) is 6.18 Å². The second-order valence-electron chi connectivity index (χ2n) is 6.64. The molecule has 2 nitrogen and oxygen atoms in total. The zero-order valence-electron chi connectivity index (χ0n) is 11.9. The zero-order chi connectivity index (χ0) is 15.3. The predicted octanol–water partition coefficient (Wildman–Crippen LogP) is 3.41. The van der Waals surface area contributed by atoms with Crippen molar-refractivity contribution in [2.45, 2.75) is 55.8 Å². The Morgan fingerprint density at radius 2 is 1.62 bits per heavy atom. The predicted molar refractivity (Wildman–Crippen MR) is 75.7 cm³/mol. The van der Waals surface area contributed by atoms with Crippen molar-refractivity contribution in [2.75, 3.05) is 0 Å². The Kier molecular flexibility index (Phi) is 3.53. The molecule has 2 fully saturated rings. The quantitative estimate of drug-likeness (QED) is 0.879. The molecule has 1 aromatic carbocycles. The van der Waals surface area contributed by atoms with Crippen molar-refractivity contribution < 1.29 is 13.2 Å². The van der Waals surface area contributed by atoms with E-state index in [0.717, 1.165) is 37.7 Å². The Labute approximate surface area is 122 Å². The van der Waals surface area contributed by atoms with Crippen LogP contribution in [0.3, 0.4) is 0 Å². The minimum atomic E-state index is -4.27. The minimum Gasteiger partial charge on any atom is -0.328 e. The molecule has 0 aromatic heterocycles. The molecular weight excluding hydrogens is 277 g/mol. The van der Waals surface area contributed by atoms with E-state index in [0.29, 0.717) is 11.8 Å². The molecule has 2 saturated carbocycles. The minimum absolute atomic E-state index is 0.177. The summed E-state index contributed by atoms with van der Waals surface area (Å²) in [6, 6.07) is 5.80. The highest BCUT2D eigenvalue weighted by atomic mass is 19.4. The number of benzene rings is 1. The van der Waals surface area contributed by atoms with Crippen LogP contribution >= 0.6 is 0 Å². The highest BCUT2D eigenvalue weighted by Crippen LogP contribution is 2.56. The van der Waals surface area contributed by atoms with Crippen molar-refractivity contribution in [1.82, 2.24) is 0 Å². The van der Waals surface area contributed by atoms with Gasteiger partial charge in [-0.05, 0) is 61.6 Å². The lowest BCUT2D eigenvalue weighted by molar-refractivity contribution is -0.137. The van der Waals surface area contributed by atoms with Crippen LogP contribution in [0.5, 0.6) is 0 Å². The van der Waals surface area contributed by atoms with Crippen LogP contribution in [0.4, 0.5) is 13.2 Å². The van der Waals surface area contributed by atoms with Crippen molar-refractivity contribution in [2.24, 2.45) is 17.4 Å². The van der Waals surface area contributed by atoms with Gasteiger partial charge in [0, 0.05) is 11.6 Å². The van der Waals surface area contributed by atoms with Crippen LogP contribution in [0.25, 0.3) is 0 Å². The number of nitrogens with two attached hydrogens (primary N) is 2. The molecule has 2 aliphatic carbocycles. The first kappa shape index (κ1) is 14.9. The third-order valence-electron chi connectivity index (χ3n) is 5.16. The molecule has 0 aliphatic heterocycles. The fourth-order valence-corrected chi connectivity index (χ4v) is 3.67. The number of halogens is 3. The Hall–Kier alpha value is -1.07. The maximum Gasteiger partial charge on any atom is 0.416 e. The van der Waals surface area contributed by atoms with Crippen LogP contribution in [0.15, 0.2) is 24.3 Å². The molecule has 21 heavy (non-hydrogen) atoms. The Bertz CT molecular complexity index is 501. The first-order valence-corrected chi connectivity index (χ1v) is 7.51. The number of rotatable bonds is 2. The summed E-state index contributed by atoms with van der Waals surface area (Å²) in [4.78, 5) is 0. The van der Waals surface area contributed by atoms with Crippen LogP contribution in [0.1, 0.15) is 49.1 Å². The molecule has 2 atom stereocenters. The molecule has 0 amide bonds. The van der Waals surface area contributed by atoms with Crippen molar-refractivity contribution in [3.63, 3.8) is 0 Å². The number of hydrogen-bond donors (Lipinski definition) is 2. The molecule has 4 N–H and O–H groups in total. The van der Waals surface area contributed by atoms with E-state index in [9.17, 15) is 13.2 Å². The fourth-order valence-electron chi connectivity index (χ4n) is 3.67. The van der Waals surface area contributed by atoms with E-state index in [4.69, 9.17) is 11.5 Å². The molecule has 0 unspecified atom stereocenters. The van der Waals surface area contributed by atoms with E-state index < -0.39 is 11.7 Å². The van der Waals surface area contributed by atoms with E-state index >= 15 is 0 Å². The number of alkyl halides is 3. The standard InChI is InChI=1S/C16H21F3N2/c17-16(18,19)11-3-1-10(2-4-11)13-9-14(13)15(21)7-5-12(20)6-8-15/h1-4,12-14H,5-9,20-21H2/t12?,13-,14+,15?/m0/s1. The lowest BCUT2D eigenvalue weighted by atomic mass is 9.76. The van der Waals surface area contributed by atoms with Crippen molar-refractivity contribution in [3.05, 3.63) is 35.4 Å². The van der Waals surface area contributed by atoms with E-state index in [1.54, 1.807) is 12.1 Å². The van der Waals surface area contributed by atoms with Gasteiger partial charge in [-0.15, -0.1) is 0 Å². The van der Waals surface area contributed by atoms with Crippen molar-refractivity contribution in [3.8, 4) is 0 Å². The summed E-state index contributed by atoms with van der Waals surface area (Å²) < 4.78 is 37.7. The highest BCUT2D eigenvalue weighted by Gasteiger charge is 2.51. The van der Waals surface area contributed by atoms with Crippen molar-refractivity contribution >= 4 is 0 Å². The number of hydrogen-bond acceptors (Lipinski definition) is 2. The second kappa shape index (κ2) is 4.99. The van der Waals surface area contributed by atoms with E-state index in [2.05, 4.69) is 0 Å². The van der Waals surface area contributed by atoms with Gasteiger partial charge in [-0.2, -0.15) is 13.2 Å². The first-order chi connectivity index (χ1) is 9.79. The molecule has 5 heteroatoms. The molecule has 0 radical (unpaired) electrons. The Balaban J connectivity index is 1.68. The van der Waals surface area contributed by atoms with E-state index in [-0.39, 0.29) is 11.6 Å². The molecule has 0 spiro atoms. The molecule has 0 heterocycles. The summed E-state index contributed by atoms with van der Waals surface area (Å²) >= 11 is 0. The van der Waals surface area contributed by atoms with Gasteiger partial charge in [0.2, 0.25) is 0 Å². The summed E-state index contributed by atoms with van der Waals surface area (Å²) in [6.07, 6.45) is 0.471. The third kappa shape index (κ3) is 2.94. The first-order valence-electron chi connectivity index (χ1n) is 7.51. The van der Waals surface area contributed by atoms with E-state index in [1.807, 2.05) is 0 Å². The maximum atomic E-state index is 12.6. The van der Waals surface area contributed by atoms with Gasteiger partial charge in [-0.1, -0.05) is 12.1 Å². The summed E-state index contributed by atoms with van der Waals surface area (Å²) in [5.41, 5.74) is 12.6. The Morgan fingerprint density at radius 1 is 1.05 bits per heavy atom. The largest absolute Gasteiger partial charge is 0.416 e. The smallest absolute Gasteiger partial charge is 0.328 e. The molecule has 3 rings (SSSR count). The van der Waals surface area contributed by atoms with Gasteiger partial charge in [0.05, 0.1) is 5.56 Å². The molecule has 0 bridgehead atoms. The Morgan fingerprint density at radius 3 is 2.14 bits per heavy atom. The fraction of sp³-hybridized carbons (Fsp3) is 0.625. The zero-order valence-corrected chi connectivity index (χ0v) is 11.9. The average Bonchev–Trinajstić information content (AvgIpc) is 3.23. The molecule has 0 saturated heterocycles. The van der Waals surface area contributed by atoms with Crippen LogP contribution < -0.4 is 11.5 Å². The molecule has 2 aliphatic rings. The summed E-state index contributed by atoms with van der Waals surface area (Å²) in [6.45, 7) is 0. The van der Waals surface area contributed by atoms with Gasteiger partial charge in [-0.3, -0.25) is 0 Å². The van der Waals surface area contributed by atoms with Gasteiger partial charge in [0.25, 0.3) is 0 Å². The van der Waals surface area contributed by atoms with E-state index in [1.165, 1.54) is 12.1 Å². The second-order valence-corrected chi connectivity index (χ2v) is 6.64. The van der Waals surface area contributed by atoms with Gasteiger partial charge >= 0.3 is 6.18 Å². The monoisotopic (exact) mass is 298 g/mol. The highest BCUT2D eigenvalue weighted by molar-refractivity contribution is 5.32. The van der Waals surface area contributed by atoms with Gasteiger partial charge in [0.1, 0.15) is 0 Å². The normalized spacial score (nSPS) is 36.5. The summed E-state index contributed by atoms with van der Waals surface area (Å²) in [7, 11) is 0. The van der Waals surface area contributed by atoms with Crippen LogP contribution in [-0.4, -0.2) is 11.6 Å². The molecular formula is C16H21F3N2. The lowest BCUT2D eigenvalue weighted by Crippen LogP contribution is -2.48. The SMILES string of the molecule is NC1CCC(N)([C@@H]2C[C@H]2c2ccc(C(F)(F)F)cc2)CC1. The van der Waals surface area contributed by atoms with Crippen molar-refractivity contribution in [1.29, 1.82) is 0 Å². The molecule has 1 aromatic rings. The third-order valence-corrected chi connectivity index (χ3v) is 5.16. The maximum absolute atomic E-state index is 12.6. The van der Waals surface area contributed by atoms with Crippen LogP contribution in [0.2, 0.25) is 0 Å². The average molecular weight is 298 g/mol. The lowest BCUT2D eigenvalue weighted by Gasteiger charge is -2.36. The summed E-state index contributed by atoms with van der Waals surface area (Å²) in [5.74, 6) is 0.702. The molecule has 116 valence electrons.